The van der Waals surface area contributed by atoms with Crippen molar-refractivity contribution in [3.63, 3.8) is 0 Å². The molecule has 0 radical (unpaired) electrons. The smallest absolute Gasteiger partial charge is 0.261 e. The van der Waals surface area contributed by atoms with Gasteiger partial charge in [-0.3, -0.25) is 9.59 Å². The SMILES string of the molecule is Cc1ccc(CN(C(=O)COc2ccc(C)c(C)c2)[C@H](C)C(=O)NC2CCCC2)cc1. The van der Waals surface area contributed by atoms with E-state index < -0.39 is 6.04 Å². The normalized spacial score (nSPS) is 14.8. The third-order valence-electron chi connectivity index (χ3n) is 6.18. The molecule has 0 aliphatic heterocycles. The Morgan fingerprint density at radius 3 is 2.35 bits per heavy atom. The molecule has 1 atom stereocenters. The molecule has 166 valence electrons. The van der Waals surface area contributed by atoms with Crippen LogP contribution in [0.1, 0.15) is 54.9 Å². The fraction of sp³-hybridized carbons (Fsp3) is 0.462. The van der Waals surface area contributed by atoms with Crippen LogP contribution in [0.15, 0.2) is 42.5 Å². The molecule has 0 saturated heterocycles. The highest BCUT2D eigenvalue weighted by Gasteiger charge is 2.28. The zero-order valence-corrected chi connectivity index (χ0v) is 19.1. The number of rotatable bonds is 8. The van der Waals surface area contributed by atoms with Gasteiger partial charge >= 0.3 is 0 Å². The summed E-state index contributed by atoms with van der Waals surface area (Å²) in [4.78, 5) is 27.7. The average molecular weight is 423 g/mol. The largest absolute Gasteiger partial charge is 0.484 e. The third-order valence-corrected chi connectivity index (χ3v) is 6.18. The maximum absolute atomic E-state index is 13.1. The lowest BCUT2D eigenvalue weighted by Crippen LogP contribution is -2.50. The quantitative estimate of drug-likeness (QED) is 0.683. The van der Waals surface area contributed by atoms with Crippen molar-refractivity contribution in [1.29, 1.82) is 0 Å². The van der Waals surface area contributed by atoms with Crippen molar-refractivity contribution in [1.82, 2.24) is 10.2 Å². The number of carbonyl (C=O) groups excluding carboxylic acids is 2. The summed E-state index contributed by atoms with van der Waals surface area (Å²) < 4.78 is 5.78. The van der Waals surface area contributed by atoms with Gasteiger partial charge in [0, 0.05) is 12.6 Å². The van der Waals surface area contributed by atoms with Crippen LogP contribution in [0.3, 0.4) is 0 Å². The Morgan fingerprint density at radius 1 is 1.03 bits per heavy atom. The van der Waals surface area contributed by atoms with Gasteiger partial charge in [-0.25, -0.2) is 0 Å². The van der Waals surface area contributed by atoms with E-state index in [9.17, 15) is 9.59 Å². The number of nitrogens with one attached hydrogen (secondary N) is 1. The van der Waals surface area contributed by atoms with E-state index >= 15 is 0 Å². The molecule has 1 fully saturated rings. The number of hydrogen-bond donors (Lipinski definition) is 1. The summed E-state index contributed by atoms with van der Waals surface area (Å²) in [6, 6.07) is 13.5. The predicted molar refractivity (Wildman–Crippen MR) is 123 cm³/mol. The highest BCUT2D eigenvalue weighted by Crippen LogP contribution is 2.19. The summed E-state index contributed by atoms with van der Waals surface area (Å²) in [5, 5.41) is 3.12. The lowest BCUT2D eigenvalue weighted by Gasteiger charge is -2.29. The number of ether oxygens (including phenoxy) is 1. The van der Waals surface area contributed by atoms with Crippen LogP contribution in [0.2, 0.25) is 0 Å². The van der Waals surface area contributed by atoms with Crippen molar-refractivity contribution < 1.29 is 14.3 Å². The summed E-state index contributed by atoms with van der Waals surface area (Å²) in [6.07, 6.45) is 4.32. The van der Waals surface area contributed by atoms with Gasteiger partial charge in [0.15, 0.2) is 6.61 Å². The summed E-state index contributed by atoms with van der Waals surface area (Å²) >= 11 is 0. The molecular weight excluding hydrogens is 388 g/mol. The molecule has 0 heterocycles. The van der Waals surface area contributed by atoms with E-state index in [1.54, 1.807) is 11.8 Å². The fourth-order valence-electron chi connectivity index (χ4n) is 3.90. The molecule has 2 amide bonds. The zero-order valence-electron chi connectivity index (χ0n) is 19.1. The molecule has 5 nitrogen and oxygen atoms in total. The number of amides is 2. The second-order valence-electron chi connectivity index (χ2n) is 8.71. The van der Waals surface area contributed by atoms with Crippen molar-refractivity contribution in [3.05, 3.63) is 64.7 Å². The first-order valence-electron chi connectivity index (χ1n) is 11.2. The maximum Gasteiger partial charge on any atom is 0.261 e. The predicted octanol–water partition coefficient (Wildman–Crippen LogP) is 4.47. The van der Waals surface area contributed by atoms with E-state index in [1.165, 1.54) is 5.56 Å². The van der Waals surface area contributed by atoms with Crippen LogP contribution in [-0.4, -0.2) is 35.4 Å². The summed E-state index contributed by atoms with van der Waals surface area (Å²) in [5.74, 6) is 0.362. The summed E-state index contributed by atoms with van der Waals surface area (Å²) in [5.41, 5.74) is 4.44. The lowest BCUT2D eigenvalue weighted by molar-refractivity contribution is -0.142. The van der Waals surface area contributed by atoms with Crippen molar-refractivity contribution >= 4 is 11.8 Å². The molecule has 0 aromatic heterocycles. The number of hydrogen-bond acceptors (Lipinski definition) is 3. The van der Waals surface area contributed by atoms with Crippen LogP contribution in [0.4, 0.5) is 0 Å². The topological polar surface area (TPSA) is 58.6 Å². The number of carbonyl (C=O) groups is 2. The summed E-state index contributed by atoms with van der Waals surface area (Å²) in [6.45, 7) is 8.15. The first-order valence-corrected chi connectivity index (χ1v) is 11.2. The standard InChI is InChI=1S/C26H34N2O3/c1-18-9-12-22(13-10-18)16-28(21(4)26(30)27-23-7-5-6-8-23)25(29)17-31-24-14-11-19(2)20(3)15-24/h9-15,21,23H,5-8,16-17H2,1-4H3,(H,27,30)/t21-/m1/s1. The molecule has 5 heteroatoms. The average Bonchev–Trinajstić information content (AvgIpc) is 3.26. The van der Waals surface area contributed by atoms with Crippen LogP contribution >= 0.6 is 0 Å². The Balaban J connectivity index is 1.71. The second kappa shape index (κ2) is 10.5. The third kappa shape index (κ3) is 6.33. The van der Waals surface area contributed by atoms with Gasteiger partial charge < -0.3 is 15.0 Å². The van der Waals surface area contributed by atoms with E-state index in [1.807, 2.05) is 63.2 Å². The van der Waals surface area contributed by atoms with E-state index in [-0.39, 0.29) is 24.5 Å². The van der Waals surface area contributed by atoms with Gasteiger partial charge in [-0.05, 0) is 69.4 Å². The van der Waals surface area contributed by atoms with Crippen molar-refractivity contribution in [2.45, 2.75) is 72.0 Å². The van der Waals surface area contributed by atoms with E-state index in [0.717, 1.165) is 42.4 Å². The molecular formula is C26H34N2O3. The van der Waals surface area contributed by atoms with Gasteiger partial charge in [0.1, 0.15) is 11.8 Å². The Kier molecular flexibility index (Phi) is 7.72. The Bertz CT molecular complexity index is 901. The minimum atomic E-state index is -0.572. The number of aryl methyl sites for hydroxylation is 3. The minimum Gasteiger partial charge on any atom is -0.484 e. The first kappa shape index (κ1) is 22.9. The molecule has 1 N–H and O–H groups in total. The Labute approximate surface area is 185 Å². The van der Waals surface area contributed by atoms with Crippen molar-refractivity contribution in [3.8, 4) is 5.75 Å². The fourth-order valence-corrected chi connectivity index (χ4v) is 3.90. The minimum absolute atomic E-state index is 0.0986. The van der Waals surface area contributed by atoms with Gasteiger partial charge in [-0.1, -0.05) is 48.7 Å². The lowest BCUT2D eigenvalue weighted by atomic mass is 10.1. The maximum atomic E-state index is 13.1. The van der Waals surface area contributed by atoms with Crippen molar-refractivity contribution in [2.24, 2.45) is 0 Å². The van der Waals surface area contributed by atoms with E-state index in [4.69, 9.17) is 4.74 Å². The number of nitrogens with zero attached hydrogens (tertiary/aromatic N) is 1. The van der Waals surface area contributed by atoms with E-state index in [0.29, 0.717) is 12.3 Å². The van der Waals surface area contributed by atoms with Crippen LogP contribution in [0.25, 0.3) is 0 Å². The summed E-state index contributed by atoms with van der Waals surface area (Å²) in [7, 11) is 0. The molecule has 1 aliphatic rings. The Hall–Kier alpha value is -2.82. The van der Waals surface area contributed by atoms with Gasteiger partial charge in [0.25, 0.3) is 5.91 Å². The van der Waals surface area contributed by atoms with Crippen LogP contribution in [0, 0.1) is 20.8 Å². The highest BCUT2D eigenvalue weighted by atomic mass is 16.5. The molecule has 2 aromatic rings. The zero-order chi connectivity index (χ0) is 22.4. The molecule has 3 rings (SSSR count). The van der Waals surface area contributed by atoms with Gasteiger partial charge in [-0.2, -0.15) is 0 Å². The Morgan fingerprint density at radius 2 is 1.71 bits per heavy atom. The molecule has 0 bridgehead atoms. The molecule has 1 aliphatic carbocycles. The molecule has 0 unspecified atom stereocenters. The second-order valence-corrected chi connectivity index (χ2v) is 8.71. The van der Waals surface area contributed by atoms with E-state index in [2.05, 4.69) is 5.32 Å². The molecule has 31 heavy (non-hydrogen) atoms. The van der Waals surface area contributed by atoms with Crippen molar-refractivity contribution in [2.75, 3.05) is 6.61 Å². The van der Waals surface area contributed by atoms with Crippen LogP contribution < -0.4 is 10.1 Å². The van der Waals surface area contributed by atoms with Crippen LogP contribution in [0.5, 0.6) is 5.75 Å². The van der Waals surface area contributed by atoms with Gasteiger partial charge in [0.05, 0.1) is 0 Å². The van der Waals surface area contributed by atoms with Gasteiger partial charge in [0.2, 0.25) is 5.91 Å². The first-order chi connectivity index (χ1) is 14.8. The molecule has 0 spiro atoms. The number of benzene rings is 2. The highest BCUT2D eigenvalue weighted by molar-refractivity contribution is 5.88. The molecule has 2 aromatic carbocycles. The molecule has 1 saturated carbocycles. The van der Waals surface area contributed by atoms with Gasteiger partial charge in [-0.15, -0.1) is 0 Å². The monoisotopic (exact) mass is 422 g/mol. The van der Waals surface area contributed by atoms with Crippen LogP contribution in [-0.2, 0) is 16.1 Å².